The summed E-state index contributed by atoms with van der Waals surface area (Å²) >= 11 is 7.57. The molecule has 1 aromatic heterocycles. The van der Waals surface area contributed by atoms with Crippen LogP contribution in [-0.2, 0) is 16.8 Å². The number of hydrogen-bond acceptors (Lipinski definition) is 7. The Labute approximate surface area is 161 Å². The Morgan fingerprint density at radius 1 is 1.44 bits per heavy atom. The number of aromatic nitrogens is 2. The van der Waals surface area contributed by atoms with Crippen LogP contribution in [0.5, 0.6) is 5.88 Å². The van der Waals surface area contributed by atoms with E-state index < -0.39 is 16.9 Å². The van der Waals surface area contributed by atoms with Gasteiger partial charge in [-0.25, -0.2) is 0 Å². The Morgan fingerprint density at radius 3 is 3.04 bits per heavy atom. The maximum Gasteiger partial charge on any atom is 0.263 e. The number of hydrogen-bond donors (Lipinski definition) is 2. The number of carbonyl (C=O) groups is 1. The van der Waals surface area contributed by atoms with Gasteiger partial charge in [-0.2, -0.15) is 10.2 Å². The third-order valence-electron chi connectivity index (χ3n) is 4.94. The topological polar surface area (TPSA) is 123 Å². The van der Waals surface area contributed by atoms with Crippen LogP contribution in [0.15, 0.2) is 39.6 Å². The number of benzene rings is 1. The van der Waals surface area contributed by atoms with Crippen LogP contribution in [0.2, 0.25) is 5.02 Å². The first kappa shape index (κ1) is 16.2. The van der Waals surface area contributed by atoms with E-state index in [1.807, 2.05) is 6.07 Å². The molecule has 0 saturated carbocycles. The fraction of sp³-hybridized carbons (Fsp3) is 0.176. The van der Waals surface area contributed by atoms with E-state index in [2.05, 4.69) is 10.3 Å². The Hall–Kier alpha value is -2.96. The molecule has 0 saturated heterocycles. The van der Waals surface area contributed by atoms with E-state index >= 15 is 0 Å². The highest BCUT2D eigenvalue weighted by molar-refractivity contribution is 7.99. The van der Waals surface area contributed by atoms with Crippen LogP contribution in [0.25, 0.3) is 0 Å². The van der Waals surface area contributed by atoms with Crippen molar-refractivity contribution in [2.24, 2.45) is 5.73 Å². The number of carbonyl (C=O) groups excluding carboxylic acids is 1. The van der Waals surface area contributed by atoms with Gasteiger partial charge in [0, 0.05) is 28.6 Å². The summed E-state index contributed by atoms with van der Waals surface area (Å²) < 4.78 is 6.99. The molecule has 0 bridgehead atoms. The second-order valence-electron chi connectivity index (χ2n) is 6.23. The molecule has 10 heteroatoms. The third kappa shape index (κ3) is 1.86. The van der Waals surface area contributed by atoms with Gasteiger partial charge in [0.25, 0.3) is 5.56 Å². The Bertz CT molecular complexity index is 1200. The second kappa shape index (κ2) is 5.28. The maximum absolute atomic E-state index is 13.3. The normalized spacial score (nSPS) is 22.0. The van der Waals surface area contributed by atoms with Crippen LogP contribution in [0.3, 0.4) is 0 Å². The summed E-state index contributed by atoms with van der Waals surface area (Å²) in [6, 6.07) is 6.75. The molecule has 2 aromatic rings. The molecule has 4 heterocycles. The molecule has 1 atom stereocenters. The zero-order valence-electron chi connectivity index (χ0n) is 13.6. The van der Waals surface area contributed by atoms with Gasteiger partial charge in [0.15, 0.2) is 10.6 Å². The van der Waals surface area contributed by atoms with Crippen molar-refractivity contribution in [3.8, 4) is 11.9 Å². The van der Waals surface area contributed by atoms with Crippen LogP contribution < -0.4 is 21.3 Å². The molecule has 1 unspecified atom stereocenters. The number of nitrogens with two attached hydrogens (primary N) is 1. The van der Waals surface area contributed by atoms with Crippen molar-refractivity contribution in [3.05, 3.63) is 56.2 Å². The Morgan fingerprint density at radius 2 is 2.26 bits per heavy atom. The zero-order valence-corrected chi connectivity index (χ0v) is 15.1. The lowest BCUT2D eigenvalue weighted by Gasteiger charge is -2.32. The molecule has 8 nitrogen and oxygen atoms in total. The minimum absolute atomic E-state index is 0.0157. The highest BCUT2D eigenvalue weighted by Crippen LogP contribution is 2.52. The monoisotopic (exact) mass is 399 g/mol. The van der Waals surface area contributed by atoms with Gasteiger partial charge in [-0.1, -0.05) is 23.4 Å². The molecule has 0 fully saturated rings. The van der Waals surface area contributed by atoms with Crippen molar-refractivity contribution in [2.75, 3.05) is 11.1 Å². The van der Waals surface area contributed by atoms with E-state index in [-0.39, 0.29) is 22.9 Å². The standard InChI is InChI=1S/C17H10ClN5O3S/c18-7-1-2-10-8(5-7)17(15(25)21-10)9(6-19)12(20)26-13-11(17)14(24)23-3-4-27-16(23)22-13/h1-2,5H,3-4,20H2,(H,21,25). The lowest BCUT2D eigenvalue weighted by Crippen LogP contribution is -2.47. The molecular formula is C17H10ClN5O3S. The van der Waals surface area contributed by atoms with Crippen molar-refractivity contribution in [3.63, 3.8) is 0 Å². The fourth-order valence-corrected chi connectivity index (χ4v) is 4.93. The van der Waals surface area contributed by atoms with Crippen molar-refractivity contribution < 1.29 is 9.53 Å². The Balaban J connectivity index is 1.97. The van der Waals surface area contributed by atoms with Crippen LogP contribution in [-0.4, -0.2) is 21.2 Å². The summed E-state index contributed by atoms with van der Waals surface area (Å²) in [7, 11) is 0. The molecule has 1 aromatic carbocycles. The van der Waals surface area contributed by atoms with Crippen molar-refractivity contribution in [2.45, 2.75) is 17.1 Å². The summed E-state index contributed by atoms with van der Waals surface area (Å²) in [6.45, 7) is 0.459. The van der Waals surface area contributed by atoms with Gasteiger partial charge in [-0.15, -0.1) is 0 Å². The predicted molar refractivity (Wildman–Crippen MR) is 97.5 cm³/mol. The van der Waals surface area contributed by atoms with Crippen molar-refractivity contribution >= 4 is 35.0 Å². The first-order valence-corrected chi connectivity index (χ1v) is 9.32. The number of anilines is 1. The van der Waals surface area contributed by atoms with Crippen LogP contribution in [0.1, 0.15) is 11.1 Å². The number of amides is 1. The third-order valence-corrected chi connectivity index (χ3v) is 6.13. The molecule has 1 amide bonds. The average Bonchev–Trinajstić information content (AvgIpc) is 3.20. The van der Waals surface area contributed by atoms with Gasteiger partial charge in [-0.3, -0.25) is 14.2 Å². The quantitative estimate of drug-likeness (QED) is 0.640. The van der Waals surface area contributed by atoms with E-state index in [0.717, 1.165) is 0 Å². The first-order chi connectivity index (χ1) is 13.0. The molecule has 0 aliphatic carbocycles. The van der Waals surface area contributed by atoms with Gasteiger partial charge in [-0.05, 0) is 18.2 Å². The van der Waals surface area contributed by atoms with E-state index in [1.165, 1.54) is 16.3 Å². The smallest absolute Gasteiger partial charge is 0.263 e. The zero-order chi connectivity index (χ0) is 18.9. The summed E-state index contributed by atoms with van der Waals surface area (Å²) in [4.78, 5) is 30.9. The van der Waals surface area contributed by atoms with Gasteiger partial charge in [0.2, 0.25) is 17.7 Å². The maximum atomic E-state index is 13.3. The van der Waals surface area contributed by atoms with Crippen LogP contribution >= 0.6 is 23.4 Å². The molecule has 1 spiro atoms. The summed E-state index contributed by atoms with van der Waals surface area (Å²) in [6.07, 6.45) is 0. The van der Waals surface area contributed by atoms with Gasteiger partial charge in [0.05, 0.1) is 0 Å². The molecule has 5 rings (SSSR count). The SMILES string of the molecule is N#CC1=C(N)Oc2nc3n(c(=O)c2C12C(=O)Nc1ccc(Cl)cc12)CCS3. The lowest BCUT2D eigenvalue weighted by molar-refractivity contribution is -0.118. The number of ether oxygens (including phenoxy) is 1. The number of fused-ring (bicyclic) bond motifs is 5. The molecule has 0 radical (unpaired) electrons. The minimum Gasteiger partial charge on any atom is -0.421 e. The van der Waals surface area contributed by atoms with Gasteiger partial charge in [0.1, 0.15) is 17.2 Å². The fourth-order valence-electron chi connectivity index (χ4n) is 3.82. The lowest BCUT2D eigenvalue weighted by atomic mass is 9.69. The van der Waals surface area contributed by atoms with Gasteiger partial charge >= 0.3 is 0 Å². The summed E-state index contributed by atoms with van der Waals surface area (Å²) in [5.74, 6) is -0.192. The first-order valence-electron chi connectivity index (χ1n) is 7.96. The van der Waals surface area contributed by atoms with Gasteiger partial charge < -0.3 is 15.8 Å². The van der Waals surface area contributed by atoms with Crippen LogP contribution in [0, 0.1) is 11.3 Å². The summed E-state index contributed by atoms with van der Waals surface area (Å²) in [5.41, 5.74) is 4.48. The highest BCUT2D eigenvalue weighted by atomic mass is 35.5. The van der Waals surface area contributed by atoms with Crippen molar-refractivity contribution in [1.82, 2.24) is 9.55 Å². The number of rotatable bonds is 0. The highest BCUT2D eigenvalue weighted by Gasteiger charge is 2.59. The molecule has 3 aliphatic heterocycles. The summed E-state index contributed by atoms with van der Waals surface area (Å²) in [5, 5.41) is 13.4. The Kier molecular flexibility index (Phi) is 3.17. The number of nitrogens with one attached hydrogen (secondary N) is 1. The number of halogens is 1. The van der Waals surface area contributed by atoms with Crippen molar-refractivity contribution in [1.29, 1.82) is 5.26 Å². The molecular weight excluding hydrogens is 390 g/mol. The number of nitrogens with zero attached hydrogens (tertiary/aromatic N) is 3. The minimum atomic E-state index is -1.74. The molecule has 3 N–H and O–H groups in total. The second-order valence-corrected chi connectivity index (χ2v) is 7.73. The van der Waals surface area contributed by atoms with E-state index in [9.17, 15) is 14.9 Å². The predicted octanol–water partition coefficient (Wildman–Crippen LogP) is 1.33. The number of nitriles is 1. The van der Waals surface area contributed by atoms with E-state index in [1.54, 1.807) is 18.2 Å². The number of thioether (sulfide) groups is 1. The molecule has 3 aliphatic rings. The largest absolute Gasteiger partial charge is 0.421 e. The van der Waals surface area contributed by atoms with E-state index in [0.29, 0.717) is 33.7 Å². The van der Waals surface area contributed by atoms with Crippen LogP contribution in [0.4, 0.5) is 5.69 Å². The average molecular weight is 400 g/mol. The van der Waals surface area contributed by atoms with E-state index in [4.69, 9.17) is 22.1 Å². The molecule has 27 heavy (non-hydrogen) atoms. The molecule has 134 valence electrons.